The Bertz CT molecular complexity index is 2240. The molecule has 0 saturated carbocycles. The van der Waals surface area contributed by atoms with Crippen LogP contribution in [-0.2, 0) is 60.2 Å². The van der Waals surface area contributed by atoms with Gasteiger partial charge in [-0.05, 0) is 94.8 Å². The third-order valence-electron chi connectivity index (χ3n) is 10.7. The molecule has 0 fully saturated rings. The van der Waals surface area contributed by atoms with Crippen molar-refractivity contribution in [3.63, 3.8) is 0 Å². The number of carboxylic acid groups (broad SMARTS) is 1. The fourth-order valence-electron chi connectivity index (χ4n) is 7.79. The molecule has 2 aromatic carbocycles. The first-order valence-corrected chi connectivity index (χ1v) is 23.5. The molecule has 4 N–H and O–H groups in total. The second-order valence-corrected chi connectivity index (χ2v) is 19.1. The quantitative estimate of drug-likeness (QED) is 0.0606. The molecule has 2 aliphatic heterocycles. The summed E-state index contributed by atoms with van der Waals surface area (Å²) in [6.45, 7) is 8.46. The molecule has 2 unspecified atom stereocenters. The van der Waals surface area contributed by atoms with E-state index < -0.39 is 52.9 Å². The van der Waals surface area contributed by atoms with E-state index in [9.17, 15) is 43.7 Å². The van der Waals surface area contributed by atoms with Gasteiger partial charge in [0.2, 0.25) is 5.69 Å². The van der Waals surface area contributed by atoms with Crippen LogP contribution in [0.2, 0.25) is 0 Å². The maximum absolute atomic E-state index is 12.3. The Morgan fingerprint density at radius 2 is 1.41 bits per heavy atom. The van der Waals surface area contributed by atoms with Gasteiger partial charge in [-0.15, -0.1) is 0 Å². The number of rotatable bonds is 24. The lowest BCUT2D eigenvalue weighted by Gasteiger charge is -2.30. The zero-order chi connectivity index (χ0) is 42.9. The lowest BCUT2D eigenvalue weighted by atomic mass is 9.75. The highest BCUT2D eigenvalue weighted by Crippen LogP contribution is 2.51. The summed E-state index contributed by atoms with van der Waals surface area (Å²) in [6.07, 6.45) is 7.74. The molecule has 58 heavy (non-hydrogen) atoms. The highest BCUT2D eigenvalue weighted by Gasteiger charge is 2.48. The summed E-state index contributed by atoms with van der Waals surface area (Å²) in [5.74, 6) is -1.45. The van der Waals surface area contributed by atoms with E-state index in [2.05, 4.69) is 0 Å². The predicted octanol–water partition coefficient (Wildman–Crippen LogP) is 5.16. The van der Waals surface area contributed by atoms with Crippen LogP contribution in [0, 0.1) is 0 Å². The highest BCUT2D eigenvalue weighted by atomic mass is 32.2. The zero-order valence-corrected chi connectivity index (χ0v) is 35.7. The second-order valence-electron chi connectivity index (χ2n) is 14.7. The largest absolute Gasteiger partial charge is 0.481 e. The van der Waals surface area contributed by atoms with Crippen LogP contribution < -0.4 is 4.90 Å². The van der Waals surface area contributed by atoms with Crippen molar-refractivity contribution in [3.05, 3.63) is 71.5 Å². The molecule has 322 valence electrons. The predicted molar refractivity (Wildman–Crippen MR) is 217 cm³/mol. The molecule has 2 heterocycles. The fourth-order valence-corrected chi connectivity index (χ4v) is 9.32. The number of aliphatic carboxylic acids is 1. The van der Waals surface area contributed by atoms with Crippen molar-refractivity contribution in [2.24, 2.45) is 0 Å². The lowest BCUT2D eigenvalue weighted by molar-refractivity contribution is -0.438. The van der Waals surface area contributed by atoms with Gasteiger partial charge in [0.05, 0.1) is 47.4 Å². The van der Waals surface area contributed by atoms with Crippen LogP contribution in [-0.4, -0.2) is 119 Å². The minimum atomic E-state index is -4.62. The molecular weight excluding hydrogens is 817 g/mol. The number of anilines is 1. The van der Waals surface area contributed by atoms with Crippen molar-refractivity contribution in [2.75, 3.05) is 63.9 Å². The molecule has 2 aliphatic rings. The first kappa shape index (κ1) is 47.2. The lowest BCUT2D eigenvalue weighted by Crippen LogP contribution is -2.32. The maximum atomic E-state index is 12.3. The van der Waals surface area contributed by atoms with Crippen LogP contribution in [0.15, 0.2) is 70.1 Å². The number of methoxy groups -OCH3 is 1. The monoisotopic (exact) mass is 871 g/mol. The van der Waals surface area contributed by atoms with E-state index in [0.717, 1.165) is 11.4 Å². The van der Waals surface area contributed by atoms with Crippen molar-refractivity contribution in [1.29, 1.82) is 0 Å². The van der Waals surface area contributed by atoms with Crippen LogP contribution in [0.3, 0.4) is 0 Å². The molecule has 0 saturated heterocycles. The Morgan fingerprint density at radius 3 is 2.02 bits per heavy atom. The zero-order valence-electron chi connectivity index (χ0n) is 33.3. The summed E-state index contributed by atoms with van der Waals surface area (Å²) in [4.78, 5) is 12.6. The van der Waals surface area contributed by atoms with Crippen LogP contribution in [0.4, 0.5) is 11.4 Å². The van der Waals surface area contributed by atoms with Gasteiger partial charge in [-0.2, -0.15) is 29.8 Å². The number of allylic oxidation sites excluding steroid dienone is 4. The number of hydrogen-bond donors (Lipinski definition) is 4. The number of ether oxygens (including phenoxy) is 3. The van der Waals surface area contributed by atoms with Gasteiger partial charge in [0.15, 0.2) is 5.71 Å². The molecular formula is C39H55N2O14S3+. The average Bonchev–Trinajstić information content (AvgIpc) is 3.51. The number of fused-ring (bicyclic) bond motifs is 2. The number of hydrogen-bond acceptors (Lipinski definition) is 11. The van der Waals surface area contributed by atoms with Crippen molar-refractivity contribution in [2.45, 2.75) is 86.3 Å². The third-order valence-corrected chi connectivity index (χ3v) is 13.2. The van der Waals surface area contributed by atoms with E-state index in [0.29, 0.717) is 87.7 Å². The first-order chi connectivity index (χ1) is 27.2. The van der Waals surface area contributed by atoms with E-state index >= 15 is 0 Å². The van der Waals surface area contributed by atoms with Gasteiger partial charge in [-0.25, -0.2) is 0 Å². The Kier molecular flexibility index (Phi) is 16.0. The maximum Gasteiger partial charge on any atom is 0.303 e. The molecule has 0 radical (unpaired) electrons. The van der Waals surface area contributed by atoms with Crippen LogP contribution >= 0.6 is 0 Å². The van der Waals surface area contributed by atoms with Gasteiger partial charge in [-0.3, -0.25) is 18.5 Å². The third kappa shape index (κ3) is 11.6. The topological polar surface area (TPSA) is 234 Å². The van der Waals surface area contributed by atoms with Gasteiger partial charge in [-0.1, -0.05) is 6.08 Å². The molecule has 2 atom stereocenters. The number of carbonyl (C=O) groups is 1. The van der Waals surface area contributed by atoms with Crippen molar-refractivity contribution < 1.29 is 67.6 Å². The van der Waals surface area contributed by atoms with E-state index in [-0.39, 0.29) is 35.7 Å². The summed E-state index contributed by atoms with van der Waals surface area (Å²) in [6, 6.07) is 8.71. The Morgan fingerprint density at radius 1 is 0.793 bits per heavy atom. The van der Waals surface area contributed by atoms with Crippen molar-refractivity contribution in [3.8, 4) is 0 Å². The molecule has 19 heteroatoms. The Hall–Kier alpha value is -3.53. The number of likely N-dealkylation sites (N-methyl/N-ethyl adjacent to an activating group) is 1. The SMILES string of the molecule is CCN1C(=CC=CC2=[N+](CCCCCC(=O)O)c3ccc(S(=O)(=O)O)cc3C2(C)CCCS(=O)(=O)O)C(C)(CCOCCOCCOC)c2cc(S(=O)(=O)O)ccc21. The van der Waals surface area contributed by atoms with E-state index in [1.807, 2.05) is 48.5 Å². The normalized spacial score (nSPS) is 20.4. The minimum Gasteiger partial charge on any atom is -0.481 e. The summed E-state index contributed by atoms with van der Waals surface area (Å²) in [5.41, 5.74) is 2.19. The standard InChI is InChI=1S/C39H54N2O14S3/c1-5-40-33-16-14-29(57(47,48)49)27-31(33)39(3,19-21-54-24-25-55-23-22-53-4)35(40)11-9-12-36-38(2,18-10-26-56(44,45)46)32-28-30(58(50,51)52)15-17-34(32)41(36)20-8-6-7-13-37(42)43/h9,11-12,14-17,27-28H,5-8,10,13,18-26H2,1-4H3,(H3-,42,43,44,45,46,47,48,49,50,51,52)/p+1. The molecule has 2 aromatic rings. The van der Waals surface area contributed by atoms with Gasteiger partial charge >= 0.3 is 5.97 Å². The first-order valence-electron chi connectivity index (χ1n) is 19.0. The molecule has 0 spiro atoms. The summed E-state index contributed by atoms with van der Waals surface area (Å²) in [5, 5.41) is 9.16. The molecule has 16 nitrogen and oxygen atoms in total. The Labute approximate surface area is 341 Å². The number of nitrogens with zero attached hydrogens (tertiary/aromatic N) is 2. The van der Waals surface area contributed by atoms with Crippen molar-refractivity contribution in [1.82, 2.24) is 0 Å². The molecule has 0 amide bonds. The van der Waals surface area contributed by atoms with E-state index in [1.54, 1.807) is 19.2 Å². The highest BCUT2D eigenvalue weighted by molar-refractivity contribution is 7.86. The molecule has 0 bridgehead atoms. The van der Waals surface area contributed by atoms with E-state index in [4.69, 9.17) is 19.3 Å². The van der Waals surface area contributed by atoms with Gasteiger partial charge in [0.25, 0.3) is 30.4 Å². The summed E-state index contributed by atoms with van der Waals surface area (Å²) < 4.78 is 121. The Balaban J connectivity index is 1.82. The van der Waals surface area contributed by atoms with Crippen LogP contribution in [0.1, 0.15) is 76.8 Å². The van der Waals surface area contributed by atoms with E-state index in [1.165, 1.54) is 24.3 Å². The molecule has 0 aliphatic carbocycles. The summed E-state index contributed by atoms with van der Waals surface area (Å²) >= 11 is 0. The van der Waals surface area contributed by atoms with Gasteiger partial charge < -0.3 is 24.2 Å². The average molecular weight is 872 g/mol. The summed E-state index contributed by atoms with van der Waals surface area (Å²) in [7, 11) is -11.9. The second kappa shape index (κ2) is 19.7. The number of carboxylic acids is 1. The van der Waals surface area contributed by atoms with Crippen LogP contribution in [0.25, 0.3) is 0 Å². The molecule has 0 aromatic heterocycles. The van der Waals surface area contributed by atoms with Gasteiger partial charge in [0, 0.05) is 67.6 Å². The number of unbranched alkanes of at least 4 members (excludes halogenated alkanes) is 2. The smallest absolute Gasteiger partial charge is 0.303 e. The minimum absolute atomic E-state index is 0.000278. The molecule has 4 rings (SSSR count). The van der Waals surface area contributed by atoms with Gasteiger partial charge in [0.1, 0.15) is 6.54 Å². The number of benzene rings is 2. The van der Waals surface area contributed by atoms with Crippen molar-refractivity contribution >= 4 is 53.4 Å². The van der Waals surface area contributed by atoms with Crippen LogP contribution in [0.5, 0.6) is 0 Å². The fraction of sp³-hybridized carbons (Fsp3) is 0.538.